The first-order chi connectivity index (χ1) is 6.66. The second-order valence-electron chi connectivity index (χ2n) is 2.64. The highest BCUT2D eigenvalue weighted by Crippen LogP contribution is 2.28. The van der Waals surface area contributed by atoms with E-state index in [1.54, 1.807) is 0 Å². The zero-order valence-electron chi connectivity index (χ0n) is 6.87. The summed E-state index contributed by atoms with van der Waals surface area (Å²) in [7, 11) is 0. The Balaban J connectivity index is 2.55. The van der Waals surface area contributed by atoms with Crippen LogP contribution in [0.3, 0.4) is 0 Å². The molecule has 0 unspecified atom stereocenters. The van der Waals surface area contributed by atoms with Crippen LogP contribution < -0.4 is 0 Å². The van der Waals surface area contributed by atoms with Crippen LogP contribution in [0.5, 0.6) is 5.88 Å². The van der Waals surface area contributed by atoms with Gasteiger partial charge in [0.15, 0.2) is 0 Å². The van der Waals surface area contributed by atoms with Crippen molar-refractivity contribution in [2.45, 2.75) is 0 Å². The van der Waals surface area contributed by atoms with Crippen LogP contribution >= 0.6 is 11.3 Å². The van der Waals surface area contributed by atoms with Crippen LogP contribution in [0.25, 0.3) is 10.6 Å². The van der Waals surface area contributed by atoms with Crippen molar-refractivity contribution in [3.63, 3.8) is 0 Å². The quantitative estimate of drug-likeness (QED) is 0.790. The molecule has 0 bridgehead atoms. The standard InChI is InChI=1S/C9H5F2NOS/c10-5-1-2-7(11)6(3-5)9-12-8(13)4-14-9/h1-4,13H. The van der Waals surface area contributed by atoms with Gasteiger partial charge in [0.2, 0.25) is 5.88 Å². The number of thiazole rings is 1. The first-order valence-electron chi connectivity index (χ1n) is 3.77. The lowest BCUT2D eigenvalue weighted by molar-refractivity contribution is 0.458. The molecule has 1 N–H and O–H groups in total. The lowest BCUT2D eigenvalue weighted by atomic mass is 10.2. The van der Waals surface area contributed by atoms with Gasteiger partial charge < -0.3 is 5.11 Å². The molecule has 72 valence electrons. The molecule has 0 amide bonds. The van der Waals surface area contributed by atoms with Gasteiger partial charge in [0.1, 0.15) is 16.6 Å². The van der Waals surface area contributed by atoms with E-state index >= 15 is 0 Å². The maximum absolute atomic E-state index is 13.2. The van der Waals surface area contributed by atoms with E-state index in [4.69, 9.17) is 5.11 Å². The first-order valence-corrected chi connectivity index (χ1v) is 4.64. The monoisotopic (exact) mass is 213 g/mol. The number of nitrogens with zero attached hydrogens (tertiary/aromatic N) is 1. The van der Waals surface area contributed by atoms with Crippen molar-refractivity contribution >= 4 is 11.3 Å². The molecular formula is C9H5F2NOS. The summed E-state index contributed by atoms with van der Waals surface area (Å²) in [6.45, 7) is 0. The van der Waals surface area contributed by atoms with Crippen molar-refractivity contribution in [3.05, 3.63) is 35.2 Å². The maximum atomic E-state index is 13.2. The molecule has 0 saturated carbocycles. The second-order valence-corrected chi connectivity index (χ2v) is 3.49. The maximum Gasteiger partial charge on any atom is 0.222 e. The van der Waals surface area contributed by atoms with Gasteiger partial charge in [-0.3, -0.25) is 0 Å². The smallest absolute Gasteiger partial charge is 0.222 e. The van der Waals surface area contributed by atoms with Gasteiger partial charge in [0, 0.05) is 5.56 Å². The Bertz CT molecular complexity index is 470. The molecule has 0 spiro atoms. The van der Waals surface area contributed by atoms with E-state index in [2.05, 4.69) is 4.98 Å². The summed E-state index contributed by atoms with van der Waals surface area (Å²) < 4.78 is 26.0. The van der Waals surface area contributed by atoms with Crippen LogP contribution in [0.2, 0.25) is 0 Å². The van der Waals surface area contributed by atoms with Crippen molar-refractivity contribution < 1.29 is 13.9 Å². The van der Waals surface area contributed by atoms with E-state index in [-0.39, 0.29) is 16.5 Å². The summed E-state index contributed by atoms with van der Waals surface area (Å²) in [5, 5.41) is 10.6. The van der Waals surface area contributed by atoms with E-state index in [9.17, 15) is 8.78 Å². The molecule has 2 aromatic rings. The molecule has 1 heterocycles. The van der Waals surface area contributed by atoms with Crippen molar-refractivity contribution in [2.75, 3.05) is 0 Å². The molecule has 5 heteroatoms. The molecule has 2 nitrogen and oxygen atoms in total. The summed E-state index contributed by atoms with van der Waals surface area (Å²) in [5.74, 6) is -1.27. The third-order valence-electron chi connectivity index (χ3n) is 1.65. The largest absolute Gasteiger partial charge is 0.493 e. The van der Waals surface area contributed by atoms with Crippen molar-refractivity contribution in [3.8, 4) is 16.5 Å². The molecule has 0 aliphatic rings. The predicted molar refractivity (Wildman–Crippen MR) is 49.1 cm³/mol. The van der Waals surface area contributed by atoms with Crippen molar-refractivity contribution in [1.82, 2.24) is 4.98 Å². The Kier molecular flexibility index (Phi) is 2.17. The Hall–Kier alpha value is -1.49. The van der Waals surface area contributed by atoms with E-state index in [1.165, 1.54) is 5.38 Å². The van der Waals surface area contributed by atoms with Crippen molar-refractivity contribution in [2.24, 2.45) is 0 Å². The van der Waals surface area contributed by atoms with Crippen LogP contribution in [0, 0.1) is 11.6 Å². The SMILES string of the molecule is Oc1csc(-c2cc(F)ccc2F)n1. The number of hydrogen-bond donors (Lipinski definition) is 1. The van der Waals surface area contributed by atoms with Gasteiger partial charge in [0.25, 0.3) is 0 Å². The average molecular weight is 213 g/mol. The van der Waals surface area contributed by atoms with E-state index in [0.717, 1.165) is 29.5 Å². The molecule has 0 aliphatic carbocycles. The number of aromatic nitrogens is 1. The van der Waals surface area contributed by atoms with Gasteiger partial charge in [0.05, 0.1) is 5.38 Å². The summed E-state index contributed by atoms with van der Waals surface area (Å²) in [6.07, 6.45) is 0. The number of hydrogen-bond acceptors (Lipinski definition) is 3. The molecule has 0 saturated heterocycles. The minimum Gasteiger partial charge on any atom is -0.493 e. The van der Waals surface area contributed by atoms with Gasteiger partial charge in [-0.25, -0.2) is 13.8 Å². The first kappa shape index (κ1) is 9.08. The van der Waals surface area contributed by atoms with E-state index in [1.807, 2.05) is 0 Å². The summed E-state index contributed by atoms with van der Waals surface area (Å²) in [6, 6.07) is 3.11. The fraction of sp³-hybridized carbons (Fsp3) is 0. The van der Waals surface area contributed by atoms with Crippen LogP contribution in [0.15, 0.2) is 23.6 Å². The molecule has 1 aromatic heterocycles. The van der Waals surface area contributed by atoms with Crippen LogP contribution in [-0.2, 0) is 0 Å². The minimum atomic E-state index is -0.555. The molecule has 1 aromatic carbocycles. The molecule has 2 rings (SSSR count). The molecular weight excluding hydrogens is 208 g/mol. The van der Waals surface area contributed by atoms with Crippen molar-refractivity contribution in [1.29, 1.82) is 0 Å². The minimum absolute atomic E-state index is 0.0651. The lowest BCUT2D eigenvalue weighted by Crippen LogP contribution is -1.85. The average Bonchev–Trinajstić information content (AvgIpc) is 2.56. The van der Waals surface area contributed by atoms with Crippen LogP contribution in [0.1, 0.15) is 0 Å². The topological polar surface area (TPSA) is 33.1 Å². The Labute approximate surface area is 82.5 Å². The molecule has 0 fully saturated rings. The fourth-order valence-corrected chi connectivity index (χ4v) is 1.75. The lowest BCUT2D eigenvalue weighted by Gasteiger charge is -1.97. The normalized spacial score (nSPS) is 10.4. The third kappa shape index (κ3) is 1.58. The predicted octanol–water partition coefficient (Wildman–Crippen LogP) is 2.79. The highest BCUT2D eigenvalue weighted by atomic mass is 32.1. The molecule has 0 aliphatic heterocycles. The Morgan fingerprint density at radius 1 is 1.29 bits per heavy atom. The molecule has 0 atom stereocenters. The summed E-state index contributed by atoms with van der Waals surface area (Å²) >= 11 is 1.06. The summed E-state index contributed by atoms with van der Waals surface area (Å²) in [5.41, 5.74) is 0.0651. The number of rotatable bonds is 1. The number of aromatic hydroxyl groups is 1. The third-order valence-corrected chi connectivity index (χ3v) is 2.51. The van der Waals surface area contributed by atoms with Gasteiger partial charge in [-0.05, 0) is 18.2 Å². The van der Waals surface area contributed by atoms with E-state index in [0.29, 0.717) is 0 Å². The summed E-state index contributed by atoms with van der Waals surface area (Å²) in [4.78, 5) is 3.65. The number of benzene rings is 1. The zero-order valence-corrected chi connectivity index (χ0v) is 7.68. The number of halogens is 2. The Morgan fingerprint density at radius 2 is 2.07 bits per heavy atom. The van der Waals surface area contributed by atoms with E-state index < -0.39 is 11.6 Å². The highest BCUT2D eigenvalue weighted by Gasteiger charge is 2.10. The molecule has 0 radical (unpaired) electrons. The molecule has 14 heavy (non-hydrogen) atoms. The second kappa shape index (κ2) is 3.34. The van der Waals surface area contributed by atoms with Gasteiger partial charge in [-0.1, -0.05) is 0 Å². The van der Waals surface area contributed by atoms with Gasteiger partial charge >= 0.3 is 0 Å². The highest BCUT2D eigenvalue weighted by molar-refractivity contribution is 7.13. The van der Waals surface area contributed by atoms with Crippen LogP contribution in [-0.4, -0.2) is 10.1 Å². The fourth-order valence-electron chi connectivity index (χ4n) is 1.05. The van der Waals surface area contributed by atoms with Gasteiger partial charge in [-0.15, -0.1) is 11.3 Å². The zero-order chi connectivity index (χ0) is 10.1. The Morgan fingerprint density at radius 3 is 2.71 bits per heavy atom. The van der Waals surface area contributed by atoms with Gasteiger partial charge in [-0.2, -0.15) is 0 Å². The van der Waals surface area contributed by atoms with Crippen LogP contribution in [0.4, 0.5) is 8.78 Å².